The van der Waals surface area contributed by atoms with Gasteiger partial charge in [0.1, 0.15) is 0 Å². The molecule has 1 aromatic rings. The van der Waals surface area contributed by atoms with E-state index in [1.807, 2.05) is 19.2 Å². The number of anilines is 2. The van der Waals surface area contributed by atoms with Gasteiger partial charge in [0.05, 0.1) is 17.9 Å². The van der Waals surface area contributed by atoms with Gasteiger partial charge in [-0.25, -0.2) is 4.90 Å². The summed E-state index contributed by atoms with van der Waals surface area (Å²) in [4.78, 5) is 24.4. The Bertz CT molecular complexity index is 459. The van der Waals surface area contributed by atoms with E-state index in [0.29, 0.717) is 5.69 Å². The van der Waals surface area contributed by atoms with Crippen molar-refractivity contribution < 1.29 is 9.59 Å². The minimum atomic E-state index is -0.274. The summed E-state index contributed by atoms with van der Waals surface area (Å²) < 4.78 is 0. The van der Waals surface area contributed by atoms with Crippen LogP contribution in [0.3, 0.4) is 0 Å². The highest BCUT2D eigenvalue weighted by molar-refractivity contribution is 7.81. The van der Waals surface area contributed by atoms with Gasteiger partial charge in [-0.15, -0.1) is 0 Å². The van der Waals surface area contributed by atoms with Crippen LogP contribution in [0.15, 0.2) is 18.2 Å². The first-order chi connectivity index (χ1) is 7.67. The Morgan fingerprint density at radius 1 is 1.56 bits per heavy atom. The van der Waals surface area contributed by atoms with E-state index < -0.39 is 0 Å². The van der Waals surface area contributed by atoms with E-state index in [1.165, 1.54) is 4.90 Å². The van der Waals surface area contributed by atoms with Gasteiger partial charge in [-0.05, 0) is 23.8 Å². The lowest BCUT2D eigenvalue weighted by molar-refractivity contribution is -0.124. The van der Waals surface area contributed by atoms with Gasteiger partial charge in [-0.2, -0.15) is 12.6 Å². The number of nitrogens with one attached hydrogen (secondary N) is 1. The summed E-state index contributed by atoms with van der Waals surface area (Å²) in [7, 11) is 1.81. The predicted octanol–water partition coefficient (Wildman–Crippen LogP) is 1.07. The maximum absolute atomic E-state index is 11.7. The number of amides is 2. The number of carbonyl (C=O) groups excluding carboxylic acids is 2. The van der Waals surface area contributed by atoms with Crippen LogP contribution in [0.2, 0.25) is 0 Å². The van der Waals surface area contributed by atoms with Crippen molar-refractivity contribution in [3.05, 3.63) is 23.8 Å². The van der Waals surface area contributed by atoms with Gasteiger partial charge in [-0.1, -0.05) is 0 Å². The summed E-state index contributed by atoms with van der Waals surface area (Å²) in [6.07, 6.45) is 0.282. The molecule has 1 N–H and O–H groups in total. The Morgan fingerprint density at radius 3 is 2.94 bits per heavy atom. The molecule has 0 aliphatic carbocycles. The van der Waals surface area contributed by atoms with E-state index in [-0.39, 0.29) is 24.0 Å². The molecule has 0 saturated heterocycles. The number of hydrogen-bond acceptors (Lipinski definition) is 4. The van der Waals surface area contributed by atoms with Crippen molar-refractivity contribution >= 4 is 35.8 Å². The smallest absolute Gasteiger partial charge is 0.243 e. The van der Waals surface area contributed by atoms with Crippen molar-refractivity contribution in [2.75, 3.05) is 23.0 Å². The summed E-state index contributed by atoms with van der Waals surface area (Å²) in [6, 6.07) is 5.52. The van der Waals surface area contributed by atoms with E-state index >= 15 is 0 Å². The van der Waals surface area contributed by atoms with Crippen LogP contribution in [0.5, 0.6) is 0 Å². The number of nitrogens with zero attached hydrogens (tertiary/aromatic N) is 1. The van der Waals surface area contributed by atoms with Crippen molar-refractivity contribution in [3.8, 4) is 0 Å². The van der Waals surface area contributed by atoms with E-state index in [4.69, 9.17) is 0 Å². The quantitative estimate of drug-likeness (QED) is 0.755. The molecule has 0 atom stereocenters. The molecule has 0 saturated carbocycles. The number of rotatable bonds is 2. The third-order valence-electron chi connectivity index (χ3n) is 2.58. The summed E-state index contributed by atoms with van der Waals surface area (Å²) in [6.45, 7) is 0. The SMILES string of the molecule is CNc1ccc2c(c1)CC(=O)N2C(=O)CS. The summed E-state index contributed by atoms with van der Waals surface area (Å²) in [5, 5.41) is 3.00. The Hall–Kier alpha value is -1.49. The molecule has 5 heteroatoms. The molecule has 1 aliphatic rings. The molecule has 1 heterocycles. The maximum atomic E-state index is 11.7. The minimum absolute atomic E-state index is 0.0406. The number of fused-ring (bicyclic) bond motifs is 1. The zero-order valence-corrected chi connectivity index (χ0v) is 9.75. The van der Waals surface area contributed by atoms with Crippen LogP contribution >= 0.6 is 12.6 Å². The van der Waals surface area contributed by atoms with Crippen LogP contribution in [0.1, 0.15) is 5.56 Å². The zero-order chi connectivity index (χ0) is 11.7. The normalized spacial score (nSPS) is 13.9. The fourth-order valence-corrected chi connectivity index (χ4v) is 1.96. The molecule has 0 spiro atoms. The van der Waals surface area contributed by atoms with Gasteiger partial charge in [0.15, 0.2) is 0 Å². The highest BCUT2D eigenvalue weighted by atomic mass is 32.1. The molecule has 2 rings (SSSR count). The largest absolute Gasteiger partial charge is 0.388 e. The summed E-state index contributed by atoms with van der Waals surface area (Å²) in [5.41, 5.74) is 2.50. The first-order valence-electron chi connectivity index (χ1n) is 4.94. The molecule has 0 fully saturated rings. The van der Waals surface area contributed by atoms with Crippen molar-refractivity contribution in [1.29, 1.82) is 0 Å². The van der Waals surface area contributed by atoms with Gasteiger partial charge in [-0.3, -0.25) is 9.59 Å². The fraction of sp³-hybridized carbons (Fsp3) is 0.273. The van der Waals surface area contributed by atoms with Crippen molar-refractivity contribution in [2.45, 2.75) is 6.42 Å². The molecule has 4 nitrogen and oxygen atoms in total. The van der Waals surface area contributed by atoms with Crippen LogP contribution in [0.4, 0.5) is 11.4 Å². The molecule has 0 radical (unpaired) electrons. The van der Waals surface area contributed by atoms with E-state index in [0.717, 1.165) is 11.3 Å². The predicted molar refractivity (Wildman–Crippen MR) is 66.0 cm³/mol. The zero-order valence-electron chi connectivity index (χ0n) is 8.86. The molecule has 1 aliphatic heterocycles. The van der Waals surface area contributed by atoms with Crippen LogP contribution in [0.25, 0.3) is 0 Å². The molecular formula is C11H12N2O2S. The number of imide groups is 1. The van der Waals surface area contributed by atoms with Crippen LogP contribution in [-0.2, 0) is 16.0 Å². The molecular weight excluding hydrogens is 224 g/mol. The number of carbonyl (C=O) groups is 2. The number of hydrogen-bond donors (Lipinski definition) is 2. The van der Waals surface area contributed by atoms with Crippen LogP contribution in [0, 0.1) is 0 Å². The molecule has 1 aromatic carbocycles. The van der Waals surface area contributed by atoms with Crippen molar-refractivity contribution in [2.24, 2.45) is 0 Å². The number of benzene rings is 1. The molecule has 16 heavy (non-hydrogen) atoms. The van der Waals surface area contributed by atoms with E-state index in [2.05, 4.69) is 17.9 Å². The lowest BCUT2D eigenvalue weighted by atomic mass is 10.1. The average molecular weight is 236 g/mol. The van der Waals surface area contributed by atoms with Gasteiger partial charge < -0.3 is 5.32 Å². The van der Waals surface area contributed by atoms with Gasteiger partial charge in [0, 0.05) is 12.7 Å². The Kier molecular flexibility index (Phi) is 2.87. The second-order valence-corrected chi connectivity index (χ2v) is 3.87. The average Bonchev–Trinajstić information content (AvgIpc) is 2.62. The first-order valence-corrected chi connectivity index (χ1v) is 5.58. The fourth-order valence-electron chi connectivity index (χ4n) is 1.82. The van der Waals surface area contributed by atoms with E-state index in [1.54, 1.807) is 6.07 Å². The molecule has 2 amide bonds. The molecule has 84 valence electrons. The monoisotopic (exact) mass is 236 g/mol. The maximum Gasteiger partial charge on any atom is 0.243 e. The first kappa shape index (κ1) is 11.0. The minimum Gasteiger partial charge on any atom is -0.388 e. The summed E-state index contributed by atoms with van der Waals surface area (Å²) in [5.74, 6) is -0.412. The summed E-state index contributed by atoms with van der Waals surface area (Å²) >= 11 is 3.91. The second kappa shape index (κ2) is 4.17. The number of thiol groups is 1. The highest BCUT2D eigenvalue weighted by Gasteiger charge is 2.31. The van der Waals surface area contributed by atoms with E-state index in [9.17, 15) is 9.59 Å². The standard InChI is InChI=1S/C11H12N2O2S/c1-12-8-2-3-9-7(4-8)5-10(14)13(9)11(15)6-16/h2-4,12,16H,5-6H2,1H3. The highest BCUT2D eigenvalue weighted by Crippen LogP contribution is 2.31. The lowest BCUT2D eigenvalue weighted by Gasteiger charge is -2.14. The molecule has 0 aromatic heterocycles. The third-order valence-corrected chi connectivity index (χ3v) is 2.86. The second-order valence-electron chi connectivity index (χ2n) is 3.55. The van der Waals surface area contributed by atoms with Gasteiger partial charge >= 0.3 is 0 Å². The Labute approximate surface area is 99.0 Å². The Morgan fingerprint density at radius 2 is 2.31 bits per heavy atom. The third kappa shape index (κ3) is 1.67. The van der Waals surface area contributed by atoms with Crippen molar-refractivity contribution in [1.82, 2.24) is 0 Å². The van der Waals surface area contributed by atoms with Crippen LogP contribution < -0.4 is 10.2 Å². The molecule has 0 unspecified atom stereocenters. The Balaban J connectivity index is 2.42. The van der Waals surface area contributed by atoms with Gasteiger partial charge in [0.25, 0.3) is 0 Å². The van der Waals surface area contributed by atoms with Crippen LogP contribution in [-0.4, -0.2) is 24.6 Å². The lowest BCUT2D eigenvalue weighted by Crippen LogP contribution is -2.34. The van der Waals surface area contributed by atoms with Gasteiger partial charge in [0.2, 0.25) is 11.8 Å². The topological polar surface area (TPSA) is 49.4 Å². The molecule has 0 bridgehead atoms. The van der Waals surface area contributed by atoms with Crippen molar-refractivity contribution in [3.63, 3.8) is 0 Å².